The van der Waals surface area contributed by atoms with Gasteiger partial charge in [0.2, 0.25) is 5.55 Å². The molecule has 0 fully saturated rings. The van der Waals surface area contributed by atoms with E-state index in [9.17, 15) is 4.79 Å². The summed E-state index contributed by atoms with van der Waals surface area (Å²) in [5, 5.41) is 11.9. The smallest absolute Gasteiger partial charge is 0.261 e. The van der Waals surface area contributed by atoms with E-state index >= 15 is 0 Å². The summed E-state index contributed by atoms with van der Waals surface area (Å²) in [4.78, 5) is 12.3. The number of nitrogens with one attached hydrogen (secondary N) is 2. The van der Waals surface area contributed by atoms with Gasteiger partial charge in [-0.2, -0.15) is 0 Å². The highest BCUT2D eigenvalue weighted by Crippen LogP contribution is 2.19. The molecule has 0 saturated carbocycles. The third-order valence-corrected chi connectivity index (χ3v) is 3.52. The minimum Gasteiger partial charge on any atom is -0.438 e. The Labute approximate surface area is 131 Å². The molecule has 0 aliphatic rings. The third kappa shape index (κ3) is 2.87. The molecule has 22 heavy (non-hydrogen) atoms. The Morgan fingerprint density at radius 2 is 1.86 bits per heavy atom. The van der Waals surface area contributed by atoms with Crippen LogP contribution in [0.3, 0.4) is 0 Å². The highest BCUT2D eigenvalue weighted by Gasteiger charge is 2.12. The summed E-state index contributed by atoms with van der Waals surface area (Å²) < 4.78 is 5.37. The highest BCUT2D eigenvalue weighted by atomic mass is 35.5. The molecule has 3 rings (SSSR count). The molecule has 0 spiro atoms. The van der Waals surface area contributed by atoms with Gasteiger partial charge in [0.15, 0.2) is 0 Å². The van der Waals surface area contributed by atoms with Gasteiger partial charge in [-0.25, -0.2) is 0 Å². The second kappa shape index (κ2) is 5.66. The van der Waals surface area contributed by atoms with E-state index in [2.05, 4.69) is 5.32 Å². The van der Waals surface area contributed by atoms with Gasteiger partial charge < -0.3 is 9.73 Å². The van der Waals surface area contributed by atoms with Crippen molar-refractivity contribution in [3.05, 3.63) is 70.2 Å². The van der Waals surface area contributed by atoms with Gasteiger partial charge in [0.1, 0.15) is 11.1 Å². The number of amides is 1. The zero-order valence-electron chi connectivity index (χ0n) is 11.8. The van der Waals surface area contributed by atoms with Crippen molar-refractivity contribution in [2.24, 2.45) is 0 Å². The van der Waals surface area contributed by atoms with Crippen LogP contribution in [-0.4, -0.2) is 5.91 Å². The fourth-order valence-corrected chi connectivity index (χ4v) is 2.30. The van der Waals surface area contributed by atoms with Crippen molar-refractivity contribution in [1.29, 1.82) is 5.41 Å². The summed E-state index contributed by atoms with van der Waals surface area (Å²) in [5.41, 5.74) is 2.27. The van der Waals surface area contributed by atoms with Crippen molar-refractivity contribution in [3.8, 4) is 0 Å². The van der Waals surface area contributed by atoms with E-state index < -0.39 is 0 Å². The Hall–Kier alpha value is -2.59. The number of carbonyl (C=O) groups is 1. The number of hydrogen-bond donors (Lipinski definition) is 2. The summed E-state index contributed by atoms with van der Waals surface area (Å²) >= 11 is 5.95. The first-order valence-corrected chi connectivity index (χ1v) is 7.07. The predicted octanol–water partition coefficient (Wildman–Crippen LogP) is 4.13. The largest absolute Gasteiger partial charge is 0.438 e. The molecule has 1 aromatic heterocycles. The molecule has 0 unspecified atom stereocenters. The molecule has 2 aromatic carbocycles. The van der Waals surface area contributed by atoms with E-state index in [4.69, 9.17) is 21.4 Å². The van der Waals surface area contributed by atoms with E-state index in [1.165, 1.54) is 0 Å². The van der Waals surface area contributed by atoms with E-state index in [1.807, 2.05) is 31.2 Å². The van der Waals surface area contributed by atoms with Crippen molar-refractivity contribution < 1.29 is 9.21 Å². The van der Waals surface area contributed by atoms with Gasteiger partial charge in [-0.3, -0.25) is 10.2 Å². The Bertz CT molecular complexity index is 914. The summed E-state index contributed by atoms with van der Waals surface area (Å²) in [5.74, 6) is -0.389. The standard InChI is InChI=1S/C17H13ClN2O2/c1-10-2-5-13(6-3-10)20-17(21)14-9-11-8-12(18)4-7-15(11)22-16(14)19/h2-9,19H,1H3,(H,20,21). The van der Waals surface area contributed by atoms with Crippen LogP contribution in [0.1, 0.15) is 15.9 Å². The molecule has 5 heteroatoms. The molecule has 1 heterocycles. The number of aryl methyl sites for hydroxylation is 1. The first-order chi connectivity index (χ1) is 10.5. The number of benzene rings is 2. The van der Waals surface area contributed by atoms with Crippen LogP contribution in [0.15, 0.2) is 52.9 Å². The molecular formula is C17H13ClN2O2. The number of halogens is 1. The zero-order valence-corrected chi connectivity index (χ0v) is 12.6. The van der Waals surface area contributed by atoms with Crippen LogP contribution in [0.25, 0.3) is 11.0 Å². The van der Waals surface area contributed by atoms with Crippen LogP contribution in [0.4, 0.5) is 5.69 Å². The molecule has 1 amide bonds. The molecule has 0 saturated heterocycles. The minimum absolute atomic E-state index is 0.162. The summed E-state index contributed by atoms with van der Waals surface area (Å²) in [6, 6.07) is 14.1. The second-order valence-corrected chi connectivity index (χ2v) is 5.43. The van der Waals surface area contributed by atoms with Gasteiger partial charge in [0, 0.05) is 16.1 Å². The van der Waals surface area contributed by atoms with Gasteiger partial charge in [0.05, 0.1) is 0 Å². The Morgan fingerprint density at radius 1 is 1.14 bits per heavy atom. The molecule has 0 atom stereocenters. The monoisotopic (exact) mass is 312 g/mol. The molecule has 0 aliphatic carbocycles. The van der Waals surface area contributed by atoms with E-state index in [1.54, 1.807) is 24.3 Å². The topological polar surface area (TPSA) is 66.1 Å². The van der Waals surface area contributed by atoms with Crippen molar-refractivity contribution in [3.63, 3.8) is 0 Å². The average Bonchev–Trinajstić information content (AvgIpc) is 2.49. The molecule has 2 N–H and O–H groups in total. The van der Waals surface area contributed by atoms with Crippen molar-refractivity contribution in [2.45, 2.75) is 6.92 Å². The maximum Gasteiger partial charge on any atom is 0.261 e. The van der Waals surface area contributed by atoms with Crippen molar-refractivity contribution in [1.82, 2.24) is 0 Å². The predicted molar refractivity (Wildman–Crippen MR) is 86.2 cm³/mol. The molecule has 0 bridgehead atoms. The first-order valence-electron chi connectivity index (χ1n) is 6.69. The quantitative estimate of drug-likeness (QED) is 0.747. The lowest BCUT2D eigenvalue weighted by molar-refractivity contribution is 0.102. The van der Waals surface area contributed by atoms with Crippen LogP contribution in [0.2, 0.25) is 5.02 Å². The molecule has 0 aliphatic heterocycles. The Morgan fingerprint density at radius 3 is 2.59 bits per heavy atom. The summed E-state index contributed by atoms with van der Waals surface area (Å²) in [7, 11) is 0. The van der Waals surface area contributed by atoms with E-state index in [0.717, 1.165) is 5.56 Å². The SMILES string of the molecule is Cc1ccc(NC(=O)c2cc3cc(Cl)ccc3oc2=N)cc1. The van der Waals surface area contributed by atoms with E-state index in [0.29, 0.717) is 21.7 Å². The molecule has 3 aromatic rings. The zero-order chi connectivity index (χ0) is 15.7. The number of hydrogen-bond acceptors (Lipinski definition) is 3. The van der Waals surface area contributed by atoms with Crippen LogP contribution >= 0.6 is 11.6 Å². The normalized spacial score (nSPS) is 10.6. The minimum atomic E-state index is -0.389. The molecule has 0 radical (unpaired) electrons. The average molecular weight is 313 g/mol. The van der Waals surface area contributed by atoms with Gasteiger partial charge >= 0.3 is 0 Å². The van der Waals surface area contributed by atoms with Crippen LogP contribution < -0.4 is 10.9 Å². The fourth-order valence-electron chi connectivity index (χ4n) is 2.12. The van der Waals surface area contributed by atoms with Gasteiger partial charge in [-0.05, 0) is 43.3 Å². The lowest BCUT2D eigenvalue weighted by Gasteiger charge is -2.06. The van der Waals surface area contributed by atoms with E-state index in [-0.39, 0.29) is 17.0 Å². The van der Waals surface area contributed by atoms with Crippen molar-refractivity contribution in [2.75, 3.05) is 5.32 Å². The maximum atomic E-state index is 12.3. The molecule has 4 nitrogen and oxygen atoms in total. The lowest BCUT2D eigenvalue weighted by Crippen LogP contribution is -2.20. The molecule has 110 valence electrons. The number of rotatable bonds is 2. The van der Waals surface area contributed by atoms with Gasteiger partial charge in [0.25, 0.3) is 5.91 Å². The van der Waals surface area contributed by atoms with Gasteiger partial charge in [-0.1, -0.05) is 29.3 Å². The lowest BCUT2D eigenvalue weighted by atomic mass is 10.1. The van der Waals surface area contributed by atoms with Crippen LogP contribution in [0, 0.1) is 12.3 Å². The first kappa shape index (κ1) is 14.4. The number of fused-ring (bicyclic) bond motifs is 1. The number of carbonyl (C=O) groups excluding carboxylic acids is 1. The third-order valence-electron chi connectivity index (χ3n) is 3.28. The van der Waals surface area contributed by atoms with Crippen LogP contribution in [0.5, 0.6) is 0 Å². The van der Waals surface area contributed by atoms with Crippen molar-refractivity contribution >= 4 is 34.2 Å². The Kier molecular flexibility index (Phi) is 3.69. The Balaban J connectivity index is 1.98. The van der Waals surface area contributed by atoms with Crippen LogP contribution in [-0.2, 0) is 0 Å². The van der Waals surface area contributed by atoms with Gasteiger partial charge in [-0.15, -0.1) is 0 Å². The maximum absolute atomic E-state index is 12.3. The molecular weight excluding hydrogens is 300 g/mol. The second-order valence-electron chi connectivity index (χ2n) is 4.99. The summed E-state index contributed by atoms with van der Waals surface area (Å²) in [6.07, 6.45) is 0. The fraction of sp³-hybridized carbons (Fsp3) is 0.0588. The summed E-state index contributed by atoms with van der Waals surface area (Å²) in [6.45, 7) is 1.97. The number of anilines is 1. The highest BCUT2D eigenvalue weighted by molar-refractivity contribution is 6.31.